The van der Waals surface area contributed by atoms with Crippen molar-refractivity contribution in [3.8, 4) is 0 Å². The highest BCUT2D eigenvalue weighted by molar-refractivity contribution is 7.88. The predicted molar refractivity (Wildman–Crippen MR) is 82.4 cm³/mol. The van der Waals surface area contributed by atoms with Gasteiger partial charge in [-0.2, -0.15) is 0 Å². The average Bonchev–Trinajstić information content (AvgIpc) is 2.47. The lowest BCUT2D eigenvalue weighted by Gasteiger charge is -2.29. The summed E-state index contributed by atoms with van der Waals surface area (Å²) in [5.74, 6) is -0.813. The lowest BCUT2D eigenvalue weighted by Crippen LogP contribution is -2.42. The van der Waals surface area contributed by atoms with Gasteiger partial charge in [-0.3, -0.25) is 4.79 Å². The Morgan fingerprint density at radius 3 is 2.59 bits per heavy atom. The topological polar surface area (TPSA) is 66.5 Å². The summed E-state index contributed by atoms with van der Waals surface area (Å²) in [7, 11) is -3.19. The molecule has 0 spiro atoms. The molecular formula is C14H18ClFN2O3S. The molecular weight excluding hydrogens is 331 g/mol. The molecule has 1 aliphatic rings. The van der Waals surface area contributed by atoms with Gasteiger partial charge in [-0.25, -0.2) is 17.1 Å². The van der Waals surface area contributed by atoms with Crippen molar-refractivity contribution in [3.63, 3.8) is 0 Å². The van der Waals surface area contributed by atoms with Gasteiger partial charge in [0.1, 0.15) is 5.82 Å². The first-order valence-corrected chi connectivity index (χ1v) is 9.17. The number of benzene rings is 1. The van der Waals surface area contributed by atoms with Gasteiger partial charge < -0.3 is 5.32 Å². The molecule has 0 radical (unpaired) electrons. The number of piperidine rings is 1. The molecule has 122 valence electrons. The van der Waals surface area contributed by atoms with E-state index < -0.39 is 15.8 Å². The Morgan fingerprint density at radius 2 is 2.05 bits per heavy atom. The normalized spacial score (nSPS) is 17.4. The Balaban J connectivity index is 1.85. The number of rotatable bonds is 4. The van der Waals surface area contributed by atoms with Crippen LogP contribution in [0.5, 0.6) is 0 Å². The summed E-state index contributed by atoms with van der Waals surface area (Å²) in [6.45, 7) is 0.990. The number of carbonyl (C=O) groups is 1. The highest BCUT2D eigenvalue weighted by atomic mass is 35.5. The number of carbonyl (C=O) groups excluding carboxylic acids is 1. The van der Waals surface area contributed by atoms with Crippen LogP contribution in [0.4, 0.5) is 4.39 Å². The quantitative estimate of drug-likeness (QED) is 0.901. The van der Waals surface area contributed by atoms with Crippen molar-refractivity contribution in [1.29, 1.82) is 0 Å². The molecule has 0 aromatic heterocycles. The molecule has 1 aromatic carbocycles. The predicted octanol–water partition coefficient (Wildman–Crippen LogP) is 1.77. The van der Waals surface area contributed by atoms with E-state index in [4.69, 9.17) is 11.6 Å². The van der Waals surface area contributed by atoms with E-state index in [1.807, 2.05) is 0 Å². The SMILES string of the molecule is CS(=O)(=O)N1CCC(C(=O)NCc2ccc(F)c(Cl)c2)CC1. The summed E-state index contributed by atoms with van der Waals surface area (Å²) in [4.78, 5) is 12.1. The maximum absolute atomic E-state index is 13.0. The fraction of sp³-hybridized carbons (Fsp3) is 0.500. The lowest BCUT2D eigenvalue weighted by molar-refractivity contribution is -0.126. The Hall–Kier alpha value is -1.18. The smallest absolute Gasteiger partial charge is 0.223 e. The van der Waals surface area contributed by atoms with E-state index >= 15 is 0 Å². The maximum Gasteiger partial charge on any atom is 0.223 e. The molecule has 1 aromatic rings. The van der Waals surface area contributed by atoms with Gasteiger partial charge in [0, 0.05) is 25.6 Å². The summed E-state index contributed by atoms with van der Waals surface area (Å²) in [6.07, 6.45) is 2.18. The average molecular weight is 349 g/mol. The minimum Gasteiger partial charge on any atom is -0.352 e. The van der Waals surface area contributed by atoms with Crippen molar-refractivity contribution in [2.45, 2.75) is 19.4 Å². The van der Waals surface area contributed by atoms with E-state index in [2.05, 4.69) is 5.32 Å². The van der Waals surface area contributed by atoms with E-state index in [1.165, 1.54) is 22.7 Å². The highest BCUT2D eigenvalue weighted by Gasteiger charge is 2.28. The van der Waals surface area contributed by atoms with Crippen molar-refractivity contribution in [2.24, 2.45) is 5.92 Å². The monoisotopic (exact) mass is 348 g/mol. The van der Waals surface area contributed by atoms with Crippen LogP contribution >= 0.6 is 11.6 Å². The molecule has 5 nitrogen and oxygen atoms in total. The Labute approximate surface area is 134 Å². The van der Waals surface area contributed by atoms with Crippen LogP contribution < -0.4 is 5.32 Å². The van der Waals surface area contributed by atoms with E-state index in [0.717, 1.165) is 0 Å². The molecule has 1 heterocycles. The fourth-order valence-electron chi connectivity index (χ4n) is 2.43. The van der Waals surface area contributed by atoms with Crippen molar-refractivity contribution in [2.75, 3.05) is 19.3 Å². The van der Waals surface area contributed by atoms with E-state index in [1.54, 1.807) is 6.07 Å². The molecule has 0 saturated carbocycles. The van der Waals surface area contributed by atoms with Gasteiger partial charge in [0.15, 0.2) is 0 Å². The molecule has 2 rings (SSSR count). The van der Waals surface area contributed by atoms with Crippen LogP contribution in [0.1, 0.15) is 18.4 Å². The number of amides is 1. The van der Waals surface area contributed by atoms with Crippen LogP contribution in [0.3, 0.4) is 0 Å². The first-order valence-electron chi connectivity index (χ1n) is 6.94. The maximum atomic E-state index is 13.0. The summed E-state index contributed by atoms with van der Waals surface area (Å²) >= 11 is 5.69. The van der Waals surface area contributed by atoms with Crippen LogP contribution in [0, 0.1) is 11.7 Å². The van der Waals surface area contributed by atoms with Gasteiger partial charge >= 0.3 is 0 Å². The van der Waals surface area contributed by atoms with Crippen LogP contribution in [-0.4, -0.2) is 38.0 Å². The van der Waals surface area contributed by atoms with Gasteiger partial charge in [-0.1, -0.05) is 17.7 Å². The van der Waals surface area contributed by atoms with Gasteiger partial charge in [0.25, 0.3) is 0 Å². The van der Waals surface area contributed by atoms with Gasteiger partial charge in [-0.15, -0.1) is 0 Å². The first kappa shape index (κ1) is 17.2. The van der Waals surface area contributed by atoms with Crippen molar-refractivity contribution >= 4 is 27.5 Å². The molecule has 0 unspecified atom stereocenters. The Kier molecular flexibility index (Phi) is 5.41. The second-order valence-corrected chi connectivity index (χ2v) is 7.79. The Bertz CT molecular complexity index is 658. The molecule has 22 heavy (non-hydrogen) atoms. The Morgan fingerprint density at radius 1 is 1.41 bits per heavy atom. The second kappa shape index (κ2) is 6.93. The number of nitrogens with one attached hydrogen (secondary N) is 1. The fourth-order valence-corrected chi connectivity index (χ4v) is 3.51. The van der Waals surface area contributed by atoms with Crippen molar-refractivity contribution in [1.82, 2.24) is 9.62 Å². The molecule has 8 heteroatoms. The van der Waals surface area contributed by atoms with Crippen LogP contribution in [0.2, 0.25) is 5.02 Å². The summed E-state index contributed by atoms with van der Waals surface area (Å²) in [5.41, 5.74) is 0.716. The van der Waals surface area contributed by atoms with Crippen LogP contribution in [-0.2, 0) is 21.4 Å². The first-order chi connectivity index (χ1) is 10.3. The van der Waals surface area contributed by atoms with Gasteiger partial charge in [-0.05, 0) is 30.5 Å². The molecule has 0 atom stereocenters. The molecule has 1 saturated heterocycles. The summed E-state index contributed by atoms with van der Waals surface area (Å²) in [6, 6.07) is 4.30. The van der Waals surface area contributed by atoms with Gasteiger partial charge in [0.2, 0.25) is 15.9 Å². The molecule has 0 bridgehead atoms. The zero-order valence-corrected chi connectivity index (χ0v) is 13.8. The van der Waals surface area contributed by atoms with Crippen LogP contribution in [0.25, 0.3) is 0 Å². The second-order valence-electron chi connectivity index (χ2n) is 5.40. The molecule has 0 aliphatic carbocycles. The minimum atomic E-state index is -3.19. The molecule has 1 fully saturated rings. The number of halogens is 2. The highest BCUT2D eigenvalue weighted by Crippen LogP contribution is 2.20. The van der Waals surface area contributed by atoms with Crippen molar-refractivity contribution < 1.29 is 17.6 Å². The largest absolute Gasteiger partial charge is 0.352 e. The molecule has 1 N–H and O–H groups in total. The van der Waals surface area contributed by atoms with E-state index in [0.29, 0.717) is 31.5 Å². The third kappa shape index (κ3) is 4.41. The number of nitrogens with zero attached hydrogens (tertiary/aromatic N) is 1. The van der Waals surface area contributed by atoms with Crippen LogP contribution in [0.15, 0.2) is 18.2 Å². The summed E-state index contributed by atoms with van der Waals surface area (Å²) < 4.78 is 37.3. The standard InChI is InChI=1S/C14H18ClFN2O3S/c1-22(20,21)18-6-4-11(5-7-18)14(19)17-9-10-2-3-13(16)12(15)8-10/h2-3,8,11H,4-7,9H2,1H3,(H,17,19). The molecule has 1 amide bonds. The minimum absolute atomic E-state index is 0.0215. The zero-order chi connectivity index (χ0) is 16.3. The van der Waals surface area contributed by atoms with Gasteiger partial charge in [0.05, 0.1) is 11.3 Å². The molecule has 1 aliphatic heterocycles. The lowest BCUT2D eigenvalue weighted by atomic mass is 9.97. The number of hydrogen-bond acceptors (Lipinski definition) is 3. The van der Waals surface area contributed by atoms with E-state index in [-0.39, 0.29) is 23.4 Å². The number of hydrogen-bond donors (Lipinski definition) is 1. The summed E-state index contributed by atoms with van der Waals surface area (Å²) in [5, 5.41) is 2.80. The third-order valence-corrected chi connectivity index (χ3v) is 5.34. The zero-order valence-electron chi connectivity index (χ0n) is 12.2. The van der Waals surface area contributed by atoms with Crippen molar-refractivity contribution in [3.05, 3.63) is 34.6 Å². The van der Waals surface area contributed by atoms with E-state index in [9.17, 15) is 17.6 Å². The third-order valence-electron chi connectivity index (χ3n) is 3.74. The number of sulfonamides is 1.